The molecular weight excluding hydrogens is 240 g/mol. The molecule has 2 nitrogen and oxygen atoms in total. The summed E-state index contributed by atoms with van der Waals surface area (Å²) < 4.78 is 4.48. The number of hydrogen-bond donors (Lipinski definition) is 0. The molecule has 1 aliphatic rings. The average molecular weight is 253 g/mol. The Morgan fingerprint density at radius 3 is 3.12 bits per heavy atom. The minimum Gasteiger partial charge on any atom is -0.360 e. The van der Waals surface area contributed by atoms with Crippen molar-refractivity contribution in [1.29, 1.82) is 0 Å². The molecule has 1 atom stereocenters. The summed E-state index contributed by atoms with van der Waals surface area (Å²) in [6.07, 6.45) is 2.31. The van der Waals surface area contributed by atoms with E-state index in [0.717, 1.165) is 25.0 Å². The average Bonchev–Trinajstić information content (AvgIpc) is 2.72. The number of halogens is 1. The van der Waals surface area contributed by atoms with E-state index in [1.165, 1.54) is 16.8 Å². The van der Waals surface area contributed by atoms with Crippen molar-refractivity contribution in [1.82, 2.24) is 4.37 Å². The lowest BCUT2D eigenvalue weighted by molar-refractivity contribution is 0.588. The summed E-state index contributed by atoms with van der Waals surface area (Å²) in [6, 6.07) is 8.32. The Labute approximate surface area is 104 Å². The molecule has 0 spiro atoms. The van der Waals surface area contributed by atoms with Crippen molar-refractivity contribution < 1.29 is 0 Å². The quantitative estimate of drug-likeness (QED) is 0.722. The molecule has 1 aliphatic heterocycles. The Hall–Kier alpha value is -0.800. The Morgan fingerprint density at radius 1 is 1.38 bits per heavy atom. The molecule has 1 unspecified atom stereocenters. The third-order valence-electron chi connectivity index (χ3n) is 3.02. The van der Waals surface area contributed by atoms with E-state index in [0.29, 0.717) is 0 Å². The highest BCUT2D eigenvalue weighted by Gasteiger charge is 2.21. The maximum atomic E-state index is 6.22. The van der Waals surface area contributed by atoms with Crippen molar-refractivity contribution in [2.45, 2.75) is 18.2 Å². The first kappa shape index (κ1) is 10.4. The second kappa shape index (κ2) is 4.22. The van der Waals surface area contributed by atoms with Gasteiger partial charge in [-0.3, -0.25) is 0 Å². The molecule has 0 N–H and O–H groups in total. The molecule has 1 fully saturated rings. The van der Waals surface area contributed by atoms with Crippen molar-refractivity contribution in [3.05, 3.63) is 24.3 Å². The maximum absolute atomic E-state index is 6.22. The Balaban J connectivity index is 1.99. The molecule has 16 heavy (non-hydrogen) atoms. The first-order valence-electron chi connectivity index (χ1n) is 5.58. The van der Waals surface area contributed by atoms with Crippen LogP contribution in [0.2, 0.25) is 0 Å². The molecular formula is C12H13ClN2S. The number of fused-ring (bicyclic) bond motifs is 1. The van der Waals surface area contributed by atoms with E-state index in [1.54, 1.807) is 11.5 Å². The zero-order chi connectivity index (χ0) is 11.0. The molecule has 2 aromatic rings. The number of aromatic nitrogens is 1. The zero-order valence-corrected chi connectivity index (χ0v) is 10.5. The van der Waals surface area contributed by atoms with Gasteiger partial charge in [-0.25, -0.2) is 0 Å². The highest BCUT2D eigenvalue weighted by molar-refractivity contribution is 7.11. The van der Waals surface area contributed by atoms with Gasteiger partial charge in [0, 0.05) is 18.5 Å². The molecule has 0 radical (unpaired) electrons. The number of anilines is 1. The van der Waals surface area contributed by atoms with Crippen molar-refractivity contribution >= 4 is 39.0 Å². The van der Waals surface area contributed by atoms with E-state index in [2.05, 4.69) is 27.5 Å². The fourth-order valence-electron chi connectivity index (χ4n) is 2.21. The first-order valence-corrected chi connectivity index (χ1v) is 6.79. The summed E-state index contributed by atoms with van der Waals surface area (Å²) in [5, 5.41) is 2.83. The molecule has 2 heterocycles. The number of hydrogen-bond acceptors (Lipinski definition) is 3. The molecule has 0 aliphatic carbocycles. The van der Waals surface area contributed by atoms with Crippen LogP contribution in [0.1, 0.15) is 12.8 Å². The summed E-state index contributed by atoms with van der Waals surface area (Å²) in [5.74, 6) is 0. The lowest BCUT2D eigenvalue weighted by atomic mass is 10.1. The molecule has 84 valence electrons. The van der Waals surface area contributed by atoms with Crippen LogP contribution < -0.4 is 4.90 Å². The van der Waals surface area contributed by atoms with Crippen LogP contribution >= 0.6 is 23.1 Å². The van der Waals surface area contributed by atoms with Gasteiger partial charge in [-0.1, -0.05) is 12.1 Å². The van der Waals surface area contributed by atoms with E-state index in [9.17, 15) is 0 Å². The van der Waals surface area contributed by atoms with Crippen LogP contribution in [0.15, 0.2) is 24.3 Å². The minimum absolute atomic E-state index is 0.287. The number of nitrogens with zero attached hydrogens (tertiary/aromatic N) is 2. The van der Waals surface area contributed by atoms with Gasteiger partial charge >= 0.3 is 0 Å². The zero-order valence-electron chi connectivity index (χ0n) is 8.90. The van der Waals surface area contributed by atoms with Gasteiger partial charge in [0.15, 0.2) is 0 Å². The number of alkyl halides is 1. The Bertz CT molecular complexity index is 496. The van der Waals surface area contributed by atoms with Gasteiger partial charge in [0.05, 0.1) is 10.9 Å². The van der Waals surface area contributed by atoms with Gasteiger partial charge in [-0.15, -0.1) is 11.6 Å². The standard InChI is InChI=1S/C12H13ClN2S/c13-9-4-3-7-15(8-9)12-10-5-1-2-6-11(10)14-16-12/h1-2,5-6,9H,3-4,7-8H2. The highest BCUT2D eigenvalue weighted by atomic mass is 35.5. The molecule has 1 aromatic heterocycles. The van der Waals surface area contributed by atoms with E-state index in [-0.39, 0.29) is 5.38 Å². The van der Waals surface area contributed by atoms with Crippen LogP contribution in [-0.2, 0) is 0 Å². The third kappa shape index (κ3) is 1.78. The number of benzene rings is 1. The Morgan fingerprint density at radius 2 is 2.25 bits per heavy atom. The number of rotatable bonds is 1. The number of piperidine rings is 1. The molecule has 1 aromatic carbocycles. The predicted molar refractivity (Wildman–Crippen MR) is 70.7 cm³/mol. The van der Waals surface area contributed by atoms with E-state index in [1.807, 2.05) is 6.07 Å². The molecule has 1 saturated heterocycles. The second-order valence-corrected chi connectivity index (χ2v) is 5.56. The van der Waals surface area contributed by atoms with Crippen LogP contribution in [0.4, 0.5) is 5.00 Å². The molecule has 0 bridgehead atoms. The fourth-order valence-corrected chi connectivity index (χ4v) is 3.43. The fraction of sp³-hybridized carbons (Fsp3) is 0.417. The summed E-state index contributed by atoms with van der Waals surface area (Å²) in [5.41, 5.74) is 1.10. The van der Waals surface area contributed by atoms with Crippen LogP contribution in [0.5, 0.6) is 0 Å². The SMILES string of the molecule is ClC1CCCN(c2snc3ccccc23)C1. The van der Waals surface area contributed by atoms with E-state index < -0.39 is 0 Å². The summed E-state index contributed by atoms with van der Waals surface area (Å²) in [6.45, 7) is 2.06. The van der Waals surface area contributed by atoms with Crippen LogP contribution in [0.3, 0.4) is 0 Å². The molecule has 3 rings (SSSR count). The van der Waals surface area contributed by atoms with Crippen molar-refractivity contribution in [2.75, 3.05) is 18.0 Å². The third-order valence-corrected chi connectivity index (χ3v) is 4.31. The lowest BCUT2D eigenvalue weighted by Gasteiger charge is -2.30. The van der Waals surface area contributed by atoms with Gasteiger partial charge in [0.1, 0.15) is 5.00 Å². The van der Waals surface area contributed by atoms with Crippen LogP contribution in [0, 0.1) is 0 Å². The summed E-state index contributed by atoms with van der Waals surface area (Å²) in [7, 11) is 0. The van der Waals surface area contributed by atoms with Gasteiger partial charge < -0.3 is 4.90 Å². The second-order valence-electron chi connectivity index (χ2n) is 4.19. The topological polar surface area (TPSA) is 16.1 Å². The van der Waals surface area contributed by atoms with Crippen molar-refractivity contribution in [3.8, 4) is 0 Å². The monoisotopic (exact) mass is 252 g/mol. The minimum atomic E-state index is 0.287. The predicted octanol–water partition coefficient (Wildman–Crippen LogP) is 3.50. The van der Waals surface area contributed by atoms with Gasteiger partial charge in [-0.2, -0.15) is 4.37 Å². The van der Waals surface area contributed by atoms with Crippen LogP contribution in [-0.4, -0.2) is 22.8 Å². The summed E-state index contributed by atoms with van der Waals surface area (Å²) in [4.78, 5) is 2.38. The van der Waals surface area contributed by atoms with Crippen molar-refractivity contribution in [2.24, 2.45) is 0 Å². The van der Waals surface area contributed by atoms with Crippen LogP contribution in [0.25, 0.3) is 10.9 Å². The summed E-state index contributed by atoms with van der Waals surface area (Å²) >= 11 is 7.81. The van der Waals surface area contributed by atoms with Gasteiger partial charge in [-0.05, 0) is 36.5 Å². The first-order chi connectivity index (χ1) is 7.84. The molecule has 0 amide bonds. The normalized spacial score (nSPS) is 21.6. The Kier molecular flexibility index (Phi) is 2.74. The van der Waals surface area contributed by atoms with Gasteiger partial charge in [0.25, 0.3) is 0 Å². The van der Waals surface area contributed by atoms with Gasteiger partial charge in [0.2, 0.25) is 0 Å². The smallest absolute Gasteiger partial charge is 0.120 e. The highest BCUT2D eigenvalue weighted by Crippen LogP contribution is 2.33. The van der Waals surface area contributed by atoms with E-state index in [4.69, 9.17) is 11.6 Å². The maximum Gasteiger partial charge on any atom is 0.120 e. The largest absolute Gasteiger partial charge is 0.360 e. The van der Waals surface area contributed by atoms with E-state index >= 15 is 0 Å². The molecule has 4 heteroatoms. The molecule has 0 saturated carbocycles. The lowest BCUT2D eigenvalue weighted by Crippen LogP contribution is -2.35. The van der Waals surface area contributed by atoms with Crippen molar-refractivity contribution in [3.63, 3.8) is 0 Å².